The lowest BCUT2D eigenvalue weighted by atomic mass is 10.1. The number of ether oxygens (including phenoxy) is 1. The van der Waals surface area contributed by atoms with Gasteiger partial charge in [0, 0.05) is 5.56 Å². The van der Waals surface area contributed by atoms with E-state index in [2.05, 4.69) is 5.16 Å². The number of rotatable bonds is 5. The van der Waals surface area contributed by atoms with Crippen molar-refractivity contribution in [2.45, 2.75) is 13.1 Å². The zero-order valence-electron chi connectivity index (χ0n) is 10.9. The minimum atomic E-state index is -4.52. The van der Waals surface area contributed by atoms with Gasteiger partial charge in [-0.25, -0.2) is 4.39 Å². The summed E-state index contributed by atoms with van der Waals surface area (Å²) in [6, 6.07) is 3.23. The Morgan fingerprint density at radius 2 is 2.10 bits per heavy atom. The number of carbonyl (C=O) groups excluding carboxylic acids is 1. The van der Waals surface area contributed by atoms with E-state index < -0.39 is 31.1 Å². The lowest BCUT2D eigenvalue weighted by Crippen LogP contribution is -2.36. The first-order valence-corrected chi connectivity index (χ1v) is 5.68. The third kappa shape index (κ3) is 5.67. The summed E-state index contributed by atoms with van der Waals surface area (Å²) < 4.78 is 53.8. The van der Waals surface area contributed by atoms with Crippen molar-refractivity contribution in [1.82, 2.24) is 5.32 Å². The van der Waals surface area contributed by atoms with Gasteiger partial charge in [-0.15, -0.1) is 0 Å². The van der Waals surface area contributed by atoms with Crippen molar-refractivity contribution in [1.29, 1.82) is 0 Å². The van der Waals surface area contributed by atoms with E-state index in [0.29, 0.717) is 0 Å². The van der Waals surface area contributed by atoms with Gasteiger partial charge in [-0.1, -0.05) is 5.16 Å². The van der Waals surface area contributed by atoms with Crippen molar-refractivity contribution >= 4 is 11.6 Å². The number of hydrogen-bond acceptors (Lipinski definition) is 4. The Morgan fingerprint density at radius 3 is 2.67 bits per heavy atom. The van der Waals surface area contributed by atoms with E-state index >= 15 is 0 Å². The molecule has 2 N–H and O–H groups in total. The molecule has 0 fully saturated rings. The molecular formula is C12H12F4N2O3. The lowest BCUT2D eigenvalue weighted by molar-refractivity contribution is -0.139. The summed E-state index contributed by atoms with van der Waals surface area (Å²) in [5.74, 6) is -1.60. The first kappa shape index (κ1) is 16.7. The van der Waals surface area contributed by atoms with Crippen LogP contribution in [0.25, 0.3) is 0 Å². The van der Waals surface area contributed by atoms with E-state index in [1.54, 1.807) is 5.32 Å². The van der Waals surface area contributed by atoms with Gasteiger partial charge >= 0.3 is 6.18 Å². The molecule has 0 aliphatic carbocycles. The van der Waals surface area contributed by atoms with Crippen molar-refractivity contribution in [2.24, 2.45) is 5.16 Å². The average molecular weight is 308 g/mol. The highest BCUT2D eigenvalue weighted by molar-refractivity contribution is 6.00. The molecule has 0 saturated carbocycles. The first-order chi connectivity index (χ1) is 9.73. The van der Waals surface area contributed by atoms with E-state index in [1.165, 1.54) is 13.0 Å². The molecule has 0 atom stereocenters. The number of halogens is 4. The van der Waals surface area contributed by atoms with Crippen molar-refractivity contribution in [3.05, 3.63) is 29.6 Å². The third-order valence-corrected chi connectivity index (χ3v) is 2.33. The summed E-state index contributed by atoms with van der Waals surface area (Å²) in [4.78, 5) is 11.2. The maximum Gasteiger partial charge on any atom is 0.405 e. The molecule has 1 aromatic rings. The Kier molecular flexibility index (Phi) is 5.51. The summed E-state index contributed by atoms with van der Waals surface area (Å²) in [5, 5.41) is 13.2. The summed E-state index contributed by atoms with van der Waals surface area (Å²) >= 11 is 0. The van der Waals surface area contributed by atoms with Gasteiger partial charge in [-0.3, -0.25) is 4.79 Å². The van der Waals surface area contributed by atoms with Gasteiger partial charge in [0.2, 0.25) is 0 Å². The maximum atomic E-state index is 13.1. The van der Waals surface area contributed by atoms with Crippen LogP contribution in [0.4, 0.5) is 17.6 Å². The van der Waals surface area contributed by atoms with Gasteiger partial charge in [0.15, 0.2) is 6.61 Å². The molecule has 116 valence electrons. The van der Waals surface area contributed by atoms with Crippen LogP contribution < -0.4 is 10.1 Å². The molecule has 1 aromatic carbocycles. The Morgan fingerprint density at radius 1 is 1.43 bits per heavy atom. The third-order valence-electron chi connectivity index (χ3n) is 2.33. The number of carbonyl (C=O) groups is 1. The number of nitrogens with one attached hydrogen (secondary N) is 1. The molecule has 0 aliphatic heterocycles. The highest BCUT2D eigenvalue weighted by Gasteiger charge is 2.27. The van der Waals surface area contributed by atoms with Crippen molar-refractivity contribution in [3.8, 4) is 5.75 Å². The molecule has 0 radical (unpaired) electrons. The lowest BCUT2D eigenvalue weighted by Gasteiger charge is -2.12. The van der Waals surface area contributed by atoms with E-state index in [4.69, 9.17) is 9.94 Å². The molecule has 1 amide bonds. The SMILES string of the molecule is C/C(=N/O)c1cc(F)ccc1OCC(=O)NCC(F)(F)F. The second-order valence-corrected chi connectivity index (χ2v) is 4.01. The van der Waals surface area contributed by atoms with Crippen LogP contribution in [-0.4, -0.2) is 36.2 Å². The molecule has 0 unspecified atom stereocenters. The average Bonchev–Trinajstić information content (AvgIpc) is 2.42. The molecule has 21 heavy (non-hydrogen) atoms. The normalized spacial score (nSPS) is 12.1. The fourth-order valence-corrected chi connectivity index (χ4v) is 1.36. The Bertz CT molecular complexity index is 544. The van der Waals surface area contributed by atoms with Crippen LogP contribution in [0.15, 0.2) is 23.4 Å². The van der Waals surface area contributed by atoms with E-state index in [-0.39, 0.29) is 17.0 Å². The molecule has 0 saturated heterocycles. The molecule has 0 aliphatic rings. The number of oxime groups is 1. The van der Waals surface area contributed by atoms with Crippen LogP contribution in [0, 0.1) is 5.82 Å². The number of hydrogen-bond donors (Lipinski definition) is 2. The number of nitrogens with zero attached hydrogens (tertiary/aromatic N) is 1. The summed E-state index contributed by atoms with van der Waals surface area (Å²) in [6.07, 6.45) is -4.52. The van der Waals surface area contributed by atoms with Crippen LogP contribution in [-0.2, 0) is 4.79 Å². The fraction of sp³-hybridized carbons (Fsp3) is 0.333. The van der Waals surface area contributed by atoms with Crippen molar-refractivity contribution in [2.75, 3.05) is 13.2 Å². The zero-order valence-corrected chi connectivity index (χ0v) is 10.9. The van der Waals surface area contributed by atoms with E-state index in [9.17, 15) is 22.4 Å². The topological polar surface area (TPSA) is 70.9 Å². The van der Waals surface area contributed by atoms with Gasteiger partial charge in [-0.05, 0) is 25.1 Å². The second kappa shape index (κ2) is 6.91. The van der Waals surface area contributed by atoms with Crippen molar-refractivity contribution in [3.63, 3.8) is 0 Å². The molecule has 0 aromatic heterocycles. The smallest absolute Gasteiger partial charge is 0.405 e. The predicted octanol–water partition coefficient (Wildman–Crippen LogP) is 2.08. The predicted molar refractivity (Wildman–Crippen MR) is 65.0 cm³/mol. The molecule has 1 rings (SSSR count). The van der Waals surface area contributed by atoms with Gasteiger partial charge in [0.25, 0.3) is 5.91 Å². The van der Waals surface area contributed by atoms with Crippen LogP contribution >= 0.6 is 0 Å². The molecule has 9 heteroatoms. The fourth-order valence-electron chi connectivity index (χ4n) is 1.36. The minimum Gasteiger partial charge on any atom is -0.483 e. The number of alkyl halides is 3. The monoisotopic (exact) mass is 308 g/mol. The van der Waals surface area contributed by atoms with Crippen LogP contribution in [0.3, 0.4) is 0 Å². The standard InChI is InChI=1S/C12H12F4N2O3/c1-7(18-20)9-4-8(13)2-3-10(9)21-5-11(19)17-6-12(14,15)16/h2-4,20H,5-6H2,1H3,(H,17,19)/b18-7-. The Balaban J connectivity index is 2.69. The van der Waals surface area contributed by atoms with E-state index in [0.717, 1.165) is 12.1 Å². The molecular weight excluding hydrogens is 296 g/mol. The van der Waals surface area contributed by atoms with Gasteiger partial charge < -0.3 is 15.3 Å². The number of benzene rings is 1. The minimum absolute atomic E-state index is 0.00820. The molecule has 0 heterocycles. The highest BCUT2D eigenvalue weighted by atomic mass is 19.4. The van der Waals surface area contributed by atoms with E-state index in [1.807, 2.05) is 0 Å². The quantitative estimate of drug-likeness (QED) is 0.379. The van der Waals surface area contributed by atoms with Crippen LogP contribution in [0.1, 0.15) is 12.5 Å². The van der Waals surface area contributed by atoms with Crippen LogP contribution in [0.5, 0.6) is 5.75 Å². The Labute approximate surface area is 117 Å². The first-order valence-electron chi connectivity index (χ1n) is 5.68. The van der Waals surface area contributed by atoms with Gasteiger partial charge in [0.05, 0.1) is 5.71 Å². The van der Waals surface area contributed by atoms with Crippen molar-refractivity contribution < 1.29 is 32.3 Å². The Hall–Kier alpha value is -2.32. The van der Waals surface area contributed by atoms with Gasteiger partial charge in [0.1, 0.15) is 18.1 Å². The molecule has 5 nitrogen and oxygen atoms in total. The summed E-state index contributed by atoms with van der Waals surface area (Å²) in [5.41, 5.74) is 0.112. The summed E-state index contributed by atoms with van der Waals surface area (Å²) in [6.45, 7) is -0.790. The van der Waals surface area contributed by atoms with Gasteiger partial charge in [-0.2, -0.15) is 13.2 Å². The number of amides is 1. The molecule has 0 bridgehead atoms. The summed E-state index contributed by atoms with van der Waals surface area (Å²) in [7, 11) is 0. The second-order valence-electron chi connectivity index (χ2n) is 4.01. The molecule has 0 spiro atoms. The van der Waals surface area contributed by atoms with Crippen LogP contribution in [0.2, 0.25) is 0 Å². The highest BCUT2D eigenvalue weighted by Crippen LogP contribution is 2.20. The largest absolute Gasteiger partial charge is 0.483 e. The maximum absolute atomic E-state index is 13.1. The zero-order chi connectivity index (χ0) is 16.0.